The van der Waals surface area contributed by atoms with E-state index in [1.165, 1.54) is 0 Å². The Bertz CT molecular complexity index is 1960. The maximum absolute atomic E-state index is 4.41. The van der Waals surface area contributed by atoms with Crippen LogP contribution in [0.4, 0.5) is 52.0 Å². The molecule has 0 saturated heterocycles. The lowest BCUT2D eigenvalue weighted by atomic mass is 10.2. The summed E-state index contributed by atoms with van der Waals surface area (Å²) in [5.41, 5.74) is 5.68. The average molecular weight is 892 g/mol. The van der Waals surface area contributed by atoms with Crippen LogP contribution in [0.2, 0.25) is 0 Å². The van der Waals surface area contributed by atoms with Crippen molar-refractivity contribution in [1.29, 1.82) is 0 Å². The van der Waals surface area contributed by atoms with E-state index in [1.54, 1.807) is 0 Å². The lowest BCUT2D eigenvalue weighted by molar-refractivity contribution is -0.657. The third kappa shape index (κ3) is 15.1. The zero-order valence-electron chi connectivity index (χ0n) is 35.7. The van der Waals surface area contributed by atoms with Crippen molar-refractivity contribution in [3.8, 4) is 0 Å². The van der Waals surface area contributed by atoms with Crippen molar-refractivity contribution in [2.45, 2.75) is 19.3 Å². The molecule has 0 aliphatic heterocycles. The van der Waals surface area contributed by atoms with Gasteiger partial charge in [-0.05, 0) is 112 Å². The molecule has 0 spiro atoms. The monoisotopic (exact) mass is 890 g/mol. The van der Waals surface area contributed by atoms with Gasteiger partial charge in [0.15, 0.2) is 0 Å². The molecule has 0 fully saturated rings. The fourth-order valence-electron chi connectivity index (χ4n) is 6.36. The highest BCUT2D eigenvalue weighted by atomic mass is 35.5. The van der Waals surface area contributed by atoms with E-state index in [2.05, 4.69) is 87.9 Å². The number of benzene rings is 3. The van der Waals surface area contributed by atoms with E-state index in [0.717, 1.165) is 111 Å². The number of aromatic nitrogens is 6. The van der Waals surface area contributed by atoms with Gasteiger partial charge in [-0.2, -0.15) is 0 Å². The standard InChI is InChI=1S/C42H54N16.3ClH/c1-52-28-29-53(2)40(52)49-46-37-16-10-34(11-17-37)43-22-7-25-58(26-8-23-44-35-12-18-38(19-13-35)47-50-41-54(3)30-31-55(41)4)27-9-24-45-36-14-20-39(21-15-36)48-51-42-56(5)32-33-57(42)6;;;/h10-21,28-33H,7-9,22-27H2,1-6H3;3*1H. The van der Waals surface area contributed by atoms with E-state index >= 15 is 0 Å². The molecule has 0 bridgehead atoms. The van der Waals surface area contributed by atoms with Crippen LogP contribution in [0.5, 0.6) is 0 Å². The molecule has 0 saturated carbocycles. The highest BCUT2D eigenvalue weighted by Crippen LogP contribution is 2.21. The van der Waals surface area contributed by atoms with Gasteiger partial charge in [0.1, 0.15) is 17.1 Å². The Hall–Kier alpha value is -5.68. The van der Waals surface area contributed by atoms with Gasteiger partial charge in [-0.3, -0.25) is 0 Å². The number of rotatable bonds is 21. The molecule has 6 aromatic rings. The number of nitrogens with zero attached hydrogens (tertiary/aromatic N) is 13. The van der Waals surface area contributed by atoms with Gasteiger partial charge in [0.2, 0.25) is 0 Å². The van der Waals surface area contributed by atoms with Gasteiger partial charge in [-0.1, -0.05) is 15.3 Å². The molecule has 3 heterocycles. The van der Waals surface area contributed by atoms with E-state index < -0.39 is 0 Å². The summed E-state index contributed by atoms with van der Waals surface area (Å²) in [6, 6.07) is 24.3. The molecule has 0 atom stereocenters. The molecule has 0 radical (unpaired) electrons. The fraction of sp³-hybridized carbons (Fsp3) is 0.357. The van der Waals surface area contributed by atoms with Gasteiger partial charge >= 0.3 is 17.8 Å². The van der Waals surface area contributed by atoms with Crippen molar-refractivity contribution in [2.75, 3.05) is 55.2 Å². The molecule has 19 heteroatoms. The van der Waals surface area contributed by atoms with Crippen LogP contribution in [0.15, 0.2) is 141 Å². The molecular weight excluding hydrogens is 835 g/mol. The molecule has 16 nitrogen and oxygen atoms in total. The second-order valence-corrected chi connectivity index (χ2v) is 14.4. The quantitative estimate of drug-likeness (QED) is 0.0463. The van der Waals surface area contributed by atoms with Crippen molar-refractivity contribution < 1.29 is 50.9 Å². The molecular formula is C42H57Cl3N16. The third-order valence-corrected chi connectivity index (χ3v) is 9.74. The molecule has 3 aromatic carbocycles. The SMILES string of the molecule is Cn1cc[n+](C)c1N=Nc1ccc(NCCCN(CCCNc2ccc(N=Nc3n(C)cc[n+]3C)cc2)CCCNc2ccc(N=Nc3n(C)cc[n+]3C)cc2)cc1.[Cl-].[Cl-].[Cl-]. The number of aryl methyl sites for hydroxylation is 6. The number of hydrogen-bond acceptors (Lipinski definition) is 10. The summed E-state index contributed by atoms with van der Waals surface area (Å²) in [6.45, 7) is 5.65. The molecule has 0 unspecified atom stereocenters. The van der Waals surface area contributed by atoms with Gasteiger partial charge in [0, 0.05) is 52.0 Å². The topological polar surface area (TPSA) is 140 Å². The number of azo groups is 3. The number of hydrogen-bond donors (Lipinski definition) is 3. The predicted molar refractivity (Wildman–Crippen MR) is 227 cm³/mol. The van der Waals surface area contributed by atoms with Crippen molar-refractivity contribution in [3.63, 3.8) is 0 Å². The largest absolute Gasteiger partial charge is 1.00 e. The predicted octanol–water partition coefficient (Wildman–Crippen LogP) is -1.46. The summed E-state index contributed by atoms with van der Waals surface area (Å²) in [7, 11) is 11.8. The van der Waals surface area contributed by atoms with Crippen molar-refractivity contribution in [3.05, 3.63) is 110 Å². The lowest BCUT2D eigenvalue weighted by Gasteiger charge is -2.23. The Labute approximate surface area is 377 Å². The third-order valence-electron chi connectivity index (χ3n) is 9.74. The second kappa shape index (κ2) is 25.2. The Morgan fingerprint density at radius 3 is 0.918 bits per heavy atom. The normalized spacial score (nSPS) is 11.3. The van der Waals surface area contributed by atoms with Gasteiger partial charge in [-0.15, -0.1) is 0 Å². The van der Waals surface area contributed by atoms with Crippen LogP contribution < -0.4 is 66.9 Å². The van der Waals surface area contributed by atoms with Crippen LogP contribution >= 0.6 is 0 Å². The number of nitrogens with one attached hydrogen (secondary N) is 3. The Morgan fingerprint density at radius 2 is 0.689 bits per heavy atom. The fourth-order valence-corrected chi connectivity index (χ4v) is 6.36. The summed E-state index contributed by atoms with van der Waals surface area (Å²) in [4.78, 5) is 2.57. The van der Waals surface area contributed by atoms with Gasteiger partial charge in [0.05, 0.1) is 79.5 Å². The molecule has 0 aliphatic carbocycles. The van der Waals surface area contributed by atoms with E-state index in [4.69, 9.17) is 0 Å². The van der Waals surface area contributed by atoms with Crippen molar-refractivity contribution in [1.82, 2.24) is 18.6 Å². The highest BCUT2D eigenvalue weighted by Gasteiger charge is 2.13. The van der Waals surface area contributed by atoms with Crippen LogP contribution in [0, 0.1) is 0 Å². The van der Waals surface area contributed by atoms with Crippen LogP contribution in [-0.2, 0) is 42.3 Å². The second-order valence-electron chi connectivity index (χ2n) is 14.4. The lowest BCUT2D eigenvalue weighted by Crippen LogP contribution is -3.00. The molecule has 3 aromatic heterocycles. The maximum Gasteiger partial charge on any atom is 0.421 e. The van der Waals surface area contributed by atoms with Crippen LogP contribution in [0.3, 0.4) is 0 Å². The van der Waals surface area contributed by atoms with Gasteiger partial charge < -0.3 is 58.1 Å². The first-order valence-electron chi connectivity index (χ1n) is 19.7. The zero-order valence-corrected chi connectivity index (χ0v) is 38.0. The minimum atomic E-state index is 0. The summed E-state index contributed by atoms with van der Waals surface area (Å²) in [6.07, 6.45) is 14.8. The van der Waals surface area contributed by atoms with Gasteiger partial charge in [0.25, 0.3) is 0 Å². The molecule has 0 amide bonds. The summed E-state index contributed by atoms with van der Waals surface area (Å²) < 4.78 is 11.6. The van der Waals surface area contributed by atoms with Crippen molar-refractivity contribution >= 4 is 52.0 Å². The summed E-state index contributed by atoms with van der Waals surface area (Å²) >= 11 is 0. The van der Waals surface area contributed by atoms with E-state index in [9.17, 15) is 0 Å². The van der Waals surface area contributed by atoms with Crippen LogP contribution in [-0.4, -0.2) is 57.9 Å². The van der Waals surface area contributed by atoms with Crippen LogP contribution in [0.1, 0.15) is 19.3 Å². The maximum atomic E-state index is 4.41. The van der Waals surface area contributed by atoms with E-state index in [1.807, 2.05) is 143 Å². The highest BCUT2D eigenvalue weighted by molar-refractivity contribution is 5.52. The molecule has 326 valence electrons. The van der Waals surface area contributed by atoms with E-state index in [0.29, 0.717) is 0 Å². The first kappa shape index (κ1) is 49.7. The first-order chi connectivity index (χ1) is 28.2. The summed E-state index contributed by atoms with van der Waals surface area (Å²) in [5, 5.41) is 37.2. The van der Waals surface area contributed by atoms with Gasteiger partial charge in [-0.25, -0.2) is 27.4 Å². The number of anilines is 3. The zero-order chi connectivity index (χ0) is 40.7. The first-order valence-corrected chi connectivity index (χ1v) is 19.7. The smallest absolute Gasteiger partial charge is 0.421 e. The average Bonchev–Trinajstić information content (AvgIpc) is 3.86. The molecule has 6 rings (SSSR count). The Balaban J connectivity index is 0.00000331. The van der Waals surface area contributed by atoms with Crippen LogP contribution in [0.25, 0.3) is 0 Å². The summed E-state index contributed by atoms with van der Waals surface area (Å²) in [5.74, 6) is 2.36. The van der Waals surface area contributed by atoms with Crippen molar-refractivity contribution in [2.24, 2.45) is 73.0 Å². The molecule has 3 N–H and O–H groups in total. The number of imidazole rings is 3. The molecule has 0 aliphatic rings. The minimum absolute atomic E-state index is 0. The Kier molecular flexibility index (Phi) is 20.5. The molecule has 61 heavy (non-hydrogen) atoms. The Morgan fingerprint density at radius 1 is 0.426 bits per heavy atom. The van der Waals surface area contributed by atoms with E-state index in [-0.39, 0.29) is 37.2 Å². The number of halogens is 3. The minimum Gasteiger partial charge on any atom is -1.00 e.